The van der Waals surface area contributed by atoms with E-state index < -0.39 is 18.1 Å². The summed E-state index contributed by atoms with van der Waals surface area (Å²) in [6.07, 6.45) is -0.439. The molecule has 0 fully saturated rings. The number of pyridine rings is 2. The van der Waals surface area contributed by atoms with Crippen molar-refractivity contribution in [3.63, 3.8) is 0 Å². The monoisotopic (exact) mass is 392 g/mol. The van der Waals surface area contributed by atoms with Crippen molar-refractivity contribution in [2.75, 3.05) is 7.11 Å². The van der Waals surface area contributed by atoms with Crippen LogP contribution in [-0.4, -0.2) is 23.0 Å². The fourth-order valence-corrected chi connectivity index (χ4v) is 2.14. The molecule has 2 rings (SSSR count). The Morgan fingerprint density at radius 1 is 1.27 bits per heavy atom. The second-order valence-corrected chi connectivity index (χ2v) is 4.74. The number of nitrogens with zero attached hydrogens (tertiary/aromatic N) is 2. The van der Waals surface area contributed by atoms with Crippen LogP contribution in [0.5, 0.6) is 5.75 Å². The van der Waals surface area contributed by atoms with Gasteiger partial charge in [0, 0.05) is 17.3 Å². The average Bonchev–Trinajstić information content (AvgIpc) is 2.53. The molecular formula is C13H8BrClF2N2O3. The number of methoxy groups -OCH3 is 1. The number of ether oxygens (including phenoxy) is 1. The second-order valence-electron chi connectivity index (χ2n) is 4.03. The Hall–Kier alpha value is -1.80. The summed E-state index contributed by atoms with van der Waals surface area (Å²) in [5.74, 6) is -0.549. The predicted octanol–water partition coefficient (Wildman–Crippen LogP) is 4.21. The van der Waals surface area contributed by atoms with Crippen molar-refractivity contribution in [1.29, 1.82) is 0 Å². The van der Waals surface area contributed by atoms with Crippen LogP contribution in [0.3, 0.4) is 0 Å². The van der Waals surface area contributed by atoms with Crippen molar-refractivity contribution >= 4 is 33.8 Å². The molecule has 2 heterocycles. The van der Waals surface area contributed by atoms with E-state index in [1.54, 1.807) is 0 Å². The second kappa shape index (κ2) is 6.97. The van der Waals surface area contributed by atoms with E-state index in [0.29, 0.717) is 0 Å². The third-order valence-corrected chi connectivity index (χ3v) is 3.28. The molecule has 0 spiro atoms. The van der Waals surface area contributed by atoms with Crippen molar-refractivity contribution in [2.24, 2.45) is 0 Å². The number of alkyl halides is 2. The Morgan fingerprint density at radius 3 is 2.59 bits per heavy atom. The van der Waals surface area contributed by atoms with Crippen LogP contribution in [0.15, 0.2) is 24.5 Å². The van der Waals surface area contributed by atoms with E-state index in [4.69, 9.17) is 16.3 Å². The quantitative estimate of drug-likeness (QED) is 0.728. The van der Waals surface area contributed by atoms with E-state index in [9.17, 15) is 13.6 Å². The Kier molecular flexibility index (Phi) is 5.25. The zero-order valence-corrected chi connectivity index (χ0v) is 13.4. The molecular weight excluding hydrogens is 386 g/mol. The van der Waals surface area contributed by atoms with E-state index in [1.807, 2.05) is 0 Å². The zero-order valence-electron chi connectivity index (χ0n) is 11.0. The van der Waals surface area contributed by atoms with Gasteiger partial charge in [-0.25, -0.2) is 18.6 Å². The van der Waals surface area contributed by atoms with Gasteiger partial charge in [0.2, 0.25) is 0 Å². The third kappa shape index (κ3) is 3.33. The van der Waals surface area contributed by atoms with Gasteiger partial charge in [0.15, 0.2) is 16.3 Å². The number of aromatic nitrogens is 2. The standard InChI is InChI=1S/C13H8BrClF2N2O3/c1-21-10-5-18-9(12(16)17)2-7(10)6-3-11(15)19-4-8(6)13(20)22-14/h2-5,12H,1H3. The number of carbonyl (C=O) groups excluding carboxylic acids is 1. The molecule has 0 N–H and O–H groups in total. The molecule has 0 aliphatic carbocycles. The molecule has 0 saturated carbocycles. The van der Waals surface area contributed by atoms with Gasteiger partial charge in [-0.1, -0.05) is 11.6 Å². The van der Waals surface area contributed by atoms with Gasteiger partial charge >= 0.3 is 5.97 Å². The number of hydrogen-bond acceptors (Lipinski definition) is 5. The van der Waals surface area contributed by atoms with Gasteiger partial charge in [0.1, 0.15) is 16.6 Å². The number of carbonyl (C=O) groups is 1. The largest absolute Gasteiger partial charge is 0.494 e. The van der Waals surface area contributed by atoms with Gasteiger partial charge in [-0.3, -0.25) is 4.98 Å². The first kappa shape index (κ1) is 16.6. The maximum Gasteiger partial charge on any atom is 0.351 e. The van der Waals surface area contributed by atoms with Crippen molar-refractivity contribution in [1.82, 2.24) is 9.97 Å². The molecule has 9 heteroatoms. The van der Waals surface area contributed by atoms with E-state index >= 15 is 0 Å². The molecule has 22 heavy (non-hydrogen) atoms. The minimum atomic E-state index is -2.77. The van der Waals surface area contributed by atoms with Crippen LogP contribution < -0.4 is 4.74 Å². The van der Waals surface area contributed by atoms with Crippen LogP contribution in [-0.2, 0) is 3.83 Å². The van der Waals surface area contributed by atoms with E-state index in [-0.39, 0.29) is 27.6 Å². The van der Waals surface area contributed by atoms with E-state index in [0.717, 1.165) is 12.3 Å². The van der Waals surface area contributed by atoms with Crippen molar-refractivity contribution in [3.8, 4) is 16.9 Å². The summed E-state index contributed by atoms with van der Waals surface area (Å²) < 4.78 is 35.3. The molecule has 0 aromatic carbocycles. The highest BCUT2D eigenvalue weighted by Crippen LogP contribution is 2.35. The minimum absolute atomic E-state index is 0.0333. The van der Waals surface area contributed by atoms with Crippen molar-refractivity contribution in [3.05, 3.63) is 40.9 Å². The lowest BCUT2D eigenvalue weighted by Crippen LogP contribution is -2.04. The molecule has 116 valence electrons. The smallest absolute Gasteiger partial charge is 0.351 e. The maximum atomic E-state index is 12.9. The van der Waals surface area contributed by atoms with E-state index in [1.165, 1.54) is 19.4 Å². The topological polar surface area (TPSA) is 61.3 Å². The summed E-state index contributed by atoms with van der Waals surface area (Å²) in [7, 11) is 1.36. The van der Waals surface area contributed by atoms with Crippen molar-refractivity contribution in [2.45, 2.75) is 6.43 Å². The van der Waals surface area contributed by atoms with Crippen LogP contribution in [0.1, 0.15) is 22.5 Å². The van der Waals surface area contributed by atoms with Gasteiger partial charge in [0.25, 0.3) is 6.43 Å². The summed E-state index contributed by atoms with van der Waals surface area (Å²) in [5.41, 5.74) is 0.0449. The lowest BCUT2D eigenvalue weighted by Gasteiger charge is -2.12. The molecule has 0 aliphatic heterocycles. The fraction of sp³-hybridized carbons (Fsp3) is 0.154. The SMILES string of the molecule is COc1cnc(C(F)F)cc1-c1cc(Cl)ncc1C(=O)OBr. The molecule has 0 radical (unpaired) electrons. The Morgan fingerprint density at radius 2 is 2.00 bits per heavy atom. The molecule has 0 saturated heterocycles. The van der Waals surface area contributed by atoms with Gasteiger partial charge in [-0.2, -0.15) is 0 Å². The lowest BCUT2D eigenvalue weighted by molar-refractivity contribution is 0.0782. The minimum Gasteiger partial charge on any atom is -0.494 e. The maximum absolute atomic E-state index is 12.9. The molecule has 0 aliphatic rings. The Labute approximate surface area is 137 Å². The van der Waals surface area contributed by atoms with Crippen molar-refractivity contribution < 1.29 is 22.1 Å². The van der Waals surface area contributed by atoms with Crippen LogP contribution >= 0.6 is 27.9 Å². The summed E-state index contributed by atoms with van der Waals surface area (Å²) in [4.78, 5) is 19.2. The first-order valence-corrected chi connectivity index (χ1v) is 6.81. The van der Waals surface area contributed by atoms with Crippen LogP contribution in [0.25, 0.3) is 11.1 Å². The van der Waals surface area contributed by atoms with Crippen LogP contribution in [0, 0.1) is 0 Å². The normalized spacial score (nSPS) is 10.6. The van der Waals surface area contributed by atoms with Crippen LogP contribution in [0.2, 0.25) is 5.15 Å². The van der Waals surface area contributed by atoms with Crippen LogP contribution in [0.4, 0.5) is 8.78 Å². The first-order chi connectivity index (χ1) is 10.5. The zero-order chi connectivity index (χ0) is 16.3. The predicted molar refractivity (Wildman–Crippen MR) is 78.3 cm³/mol. The van der Waals surface area contributed by atoms with Gasteiger partial charge < -0.3 is 8.57 Å². The number of halogens is 4. The third-order valence-electron chi connectivity index (χ3n) is 2.78. The van der Waals surface area contributed by atoms with Gasteiger partial charge in [-0.15, -0.1) is 0 Å². The lowest BCUT2D eigenvalue weighted by atomic mass is 10.0. The molecule has 5 nitrogen and oxygen atoms in total. The summed E-state index contributed by atoms with van der Waals surface area (Å²) in [6, 6.07) is 2.48. The fourth-order valence-electron chi connectivity index (χ4n) is 1.81. The van der Waals surface area contributed by atoms with Gasteiger partial charge in [-0.05, 0) is 12.1 Å². The molecule has 0 atom stereocenters. The van der Waals surface area contributed by atoms with E-state index in [2.05, 4.69) is 30.1 Å². The number of rotatable bonds is 4. The summed E-state index contributed by atoms with van der Waals surface area (Å²) in [5, 5.41) is 0.0820. The highest BCUT2D eigenvalue weighted by Gasteiger charge is 2.21. The molecule has 0 amide bonds. The average molecular weight is 394 g/mol. The number of hydrogen-bond donors (Lipinski definition) is 0. The molecule has 2 aromatic rings. The van der Waals surface area contributed by atoms with Gasteiger partial charge in [0.05, 0.1) is 18.9 Å². The molecule has 2 aromatic heterocycles. The highest BCUT2D eigenvalue weighted by atomic mass is 79.9. The summed E-state index contributed by atoms with van der Waals surface area (Å²) >= 11 is 8.41. The highest BCUT2D eigenvalue weighted by molar-refractivity contribution is 9.06. The Balaban J connectivity index is 2.71. The first-order valence-electron chi connectivity index (χ1n) is 5.78. The summed E-state index contributed by atoms with van der Waals surface area (Å²) in [6.45, 7) is 0. The molecule has 0 unspecified atom stereocenters. The Bertz CT molecular complexity index is 716. The molecule has 0 bridgehead atoms.